The second-order valence-electron chi connectivity index (χ2n) is 12.3. The highest BCUT2D eigenvalue weighted by molar-refractivity contribution is 7.80. The van der Waals surface area contributed by atoms with Gasteiger partial charge in [-0.1, -0.05) is 40.0 Å². The molecule has 0 aliphatic carbocycles. The first-order valence-corrected chi connectivity index (χ1v) is 21.5. The molecule has 0 saturated heterocycles. The van der Waals surface area contributed by atoms with Crippen molar-refractivity contribution in [3.05, 3.63) is 28.8 Å². The molecule has 56 heavy (non-hydrogen) atoms. The minimum absolute atomic E-state index is 0.0296. The third-order valence-electron chi connectivity index (χ3n) is 7.62. The molecule has 1 rings (SSSR count). The molecular formula is C39H72O16S. The van der Waals surface area contributed by atoms with Crippen LogP contribution in [-0.2, 0) is 86.0 Å². The molecular weight excluding hydrogens is 756 g/mol. The van der Waals surface area contributed by atoms with E-state index >= 15 is 0 Å². The summed E-state index contributed by atoms with van der Waals surface area (Å²) in [5.41, 5.74) is 4.39. The van der Waals surface area contributed by atoms with E-state index in [1.807, 2.05) is 0 Å². The van der Waals surface area contributed by atoms with Crippen LogP contribution in [-0.4, -0.2) is 172 Å². The van der Waals surface area contributed by atoms with E-state index in [9.17, 15) is 8.42 Å². The van der Waals surface area contributed by atoms with Crippen LogP contribution in [0.1, 0.15) is 56.7 Å². The van der Waals surface area contributed by atoms with Gasteiger partial charge in [0.05, 0.1) is 152 Å². The fraction of sp³-hybridized carbons (Fsp3) is 0.846. The van der Waals surface area contributed by atoms with Crippen molar-refractivity contribution in [2.24, 2.45) is 0 Å². The van der Waals surface area contributed by atoms with Crippen LogP contribution in [0.15, 0.2) is 12.1 Å². The largest absolute Gasteiger partial charge is 0.491 e. The second kappa shape index (κ2) is 38.9. The van der Waals surface area contributed by atoms with Gasteiger partial charge < -0.3 is 56.8 Å². The first kappa shape index (κ1) is 52.5. The molecule has 0 heterocycles. The summed E-state index contributed by atoms with van der Waals surface area (Å²) in [6.07, 6.45) is 6.74. The molecule has 0 fully saturated rings. The Kier molecular flexibility index (Phi) is 36.5. The molecule has 0 amide bonds. The maximum atomic E-state index is 10.4. The van der Waals surface area contributed by atoms with Gasteiger partial charge in [-0.3, -0.25) is 4.55 Å². The molecule has 0 bridgehead atoms. The molecule has 1 N–H and O–H groups in total. The summed E-state index contributed by atoms with van der Waals surface area (Å²) in [4.78, 5) is 0. The van der Waals surface area contributed by atoms with E-state index in [1.165, 1.54) is 16.7 Å². The van der Waals surface area contributed by atoms with Gasteiger partial charge in [-0.15, -0.1) is 0 Å². The molecule has 0 aliphatic rings. The van der Waals surface area contributed by atoms with Gasteiger partial charge >= 0.3 is 10.4 Å². The number of aryl methyl sites for hydroxylation is 2. The Morgan fingerprint density at radius 2 is 0.643 bits per heavy atom. The van der Waals surface area contributed by atoms with Gasteiger partial charge in [0, 0.05) is 0 Å². The lowest BCUT2D eigenvalue weighted by Crippen LogP contribution is -2.16. The average molecular weight is 829 g/mol. The maximum Gasteiger partial charge on any atom is 0.397 e. The maximum absolute atomic E-state index is 10.4. The molecule has 0 atom stereocenters. The Labute approximate surface area is 336 Å². The number of hydrogen-bond acceptors (Lipinski definition) is 15. The smallest absolute Gasteiger partial charge is 0.397 e. The van der Waals surface area contributed by atoms with Crippen LogP contribution < -0.4 is 4.74 Å². The summed E-state index contributed by atoms with van der Waals surface area (Å²) in [7, 11) is -4.43. The second-order valence-corrected chi connectivity index (χ2v) is 13.4. The first-order valence-electron chi connectivity index (χ1n) is 20.2. The van der Waals surface area contributed by atoms with Gasteiger partial charge in [0.25, 0.3) is 0 Å². The molecule has 0 aliphatic heterocycles. The van der Waals surface area contributed by atoms with E-state index in [2.05, 4.69) is 37.1 Å². The number of benzene rings is 1. The number of rotatable bonds is 44. The Morgan fingerprint density at radius 3 is 0.893 bits per heavy atom. The Morgan fingerprint density at radius 1 is 0.393 bits per heavy atom. The summed E-state index contributed by atoms with van der Waals surface area (Å²) < 4.78 is 99.3. The number of ether oxygens (including phenoxy) is 12. The molecule has 0 radical (unpaired) electrons. The summed E-state index contributed by atoms with van der Waals surface area (Å²) >= 11 is 0. The lowest BCUT2D eigenvalue weighted by atomic mass is 9.92. The highest BCUT2D eigenvalue weighted by Gasteiger charge is 2.11. The quantitative estimate of drug-likeness (QED) is 0.0740. The zero-order valence-electron chi connectivity index (χ0n) is 34.3. The third kappa shape index (κ3) is 33.4. The van der Waals surface area contributed by atoms with Gasteiger partial charge in [-0.25, -0.2) is 4.18 Å². The van der Waals surface area contributed by atoms with Crippen LogP contribution in [0.25, 0.3) is 0 Å². The molecule has 1 aromatic carbocycles. The standard InChI is InChI=1S/C39H72O16S/c1-4-7-36-34-38(35-37(8-5-2)39(36)9-6-3)54-32-30-52-28-26-50-24-22-48-20-18-46-16-14-44-12-10-43-11-13-45-15-17-47-19-21-49-23-25-51-27-29-53-31-33-55-56(40,41)42/h34-35H,4-33H2,1-3H3,(H,40,41,42). The lowest BCUT2D eigenvalue weighted by molar-refractivity contribution is -0.0279. The van der Waals surface area contributed by atoms with Crippen molar-refractivity contribution in [3.8, 4) is 5.75 Å². The summed E-state index contributed by atoms with van der Waals surface area (Å²) in [5.74, 6) is 0.950. The lowest BCUT2D eigenvalue weighted by Gasteiger charge is -2.17. The summed E-state index contributed by atoms with van der Waals surface area (Å²) in [6.45, 7) is 16.7. The molecule has 0 spiro atoms. The highest BCUT2D eigenvalue weighted by Crippen LogP contribution is 2.26. The molecule has 1 aromatic rings. The van der Waals surface area contributed by atoms with Crippen molar-refractivity contribution in [2.75, 3.05) is 159 Å². The predicted octanol–water partition coefficient (Wildman–Crippen LogP) is 3.92. The minimum atomic E-state index is -4.43. The Balaban J connectivity index is 1.76. The Bertz CT molecular complexity index is 1080. The van der Waals surface area contributed by atoms with Crippen molar-refractivity contribution >= 4 is 10.4 Å². The zero-order chi connectivity index (χ0) is 40.6. The van der Waals surface area contributed by atoms with Crippen LogP contribution >= 0.6 is 0 Å². The SMILES string of the molecule is CCCc1cc(OCCOCCOCCOCCOCCOCCOCCOCCOCCOCCOCCOCCOS(=O)(=O)O)cc(CCC)c1CCC. The van der Waals surface area contributed by atoms with Crippen molar-refractivity contribution in [3.63, 3.8) is 0 Å². The molecule has 16 nitrogen and oxygen atoms in total. The topological polar surface area (TPSA) is 174 Å². The van der Waals surface area contributed by atoms with Crippen LogP contribution in [0.3, 0.4) is 0 Å². The van der Waals surface area contributed by atoms with Crippen molar-refractivity contribution in [2.45, 2.75) is 59.3 Å². The van der Waals surface area contributed by atoms with Gasteiger partial charge in [0.2, 0.25) is 0 Å². The molecule has 0 aromatic heterocycles. The van der Waals surface area contributed by atoms with E-state index < -0.39 is 10.4 Å². The van der Waals surface area contributed by atoms with E-state index in [1.54, 1.807) is 0 Å². The summed E-state index contributed by atoms with van der Waals surface area (Å²) in [5, 5.41) is 0. The van der Waals surface area contributed by atoms with Crippen molar-refractivity contribution in [1.29, 1.82) is 0 Å². The van der Waals surface area contributed by atoms with E-state index in [0.29, 0.717) is 139 Å². The zero-order valence-corrected chi connectivity index (χ0v) is 35.2. The van der Waals surface area contributed by atoms with E-state index in [0.717, 1.165) is 44.3 Å². The first-order chi connectivity index (χ1) is 27.4. The van der Waals surface area contributed by atoms with Crippen LogP contribution in [0.2, 0.25) is 0 Å². The van der Waals surface area contributed by atoms with Crippen LogP contribution in [0, 0.1) is 0 Å². The van der Waals surface area contributed by atoms with Crippen LogP contribution in [0.5, 0.6) is 5.75 Å². The number of hydrogen-bond donors (Lipinski definition) is 1. The van der Waals surface area contributed by atoms with Gasteiger partial charge in [0.1, 0.15) is 12.4 Å². The highest BCUT2D eigenvalue weighted by atomic mass is 32.3. The van der Waals surface area contributed by atoms with Gasteiger partial charge in [-0.2, -0.15) is 8.42 Å². The third-order valence-corrected chi connectivity index (χ3v) is 8.09. The molecule has 0 saturated carbocycles. The van der Waals surface area contributed by atoms with Gasteiger partial charge in [-0.05, 0) is 48.1 Å². The minimum Gasteiger partial charge on any atom is -0.491 e. The molecule has 17 heteroatoms. The van der Waals surface area contributed by atoms with Crippen molar-refractivity contribution in [1.82, 2.24) is 0 Å². The molecule has 0 unspecified atom stereocenters. The normalized spacial score (nSPS) is 11.9. The summed E-state index contributed by atoms with van der Waals surface area (Å²) in [6, 6.07) is 4.45. The van der Waals surface area contributed by atoms with Crippen molar-refractivity contribution < 1.29 is 74.0 Å². The predicted molar refractivity (Wildman–Crippen MR) is 210 cm³/mol. The van der Waals surface area contributed by atoms with E-state index in [-0.39, 0.29) is 19.8 Å². The van der Waals surface area contributed by atoms with Crippen LogP contribution in [0.4, 0.5) is 0 Å². The molecule has 330 valence electrons. The van der Waals surface area contributed by atoms with E-state index in [4.69, 9.17) is 61.4 Å². The monoisotopic (exact) mass is 828 g/mol. The fourth-order valence-corrected chi connectivity index (χ4v) is 5.40. The van der Waals surface area contributed by atoms with Gasteiger partial charge in [0.15, 0.2) is 0 Å². The average Bonchev–Trinajstić information content (AvgIpc) is 3.17. The Hall–Kier alpha value is -1.55. The fourth-order valence-electron chi connectivity index (χ4n) is 5.12.